The van der Waals surface area contributed by atoms with E-state index in [0.29, 0.717) is 23.1 Å². The molecule has 0 aliphatic rings. The molecule has 0 fully saturated rings. The smallest absolute Gasteiger partial charge is 0.183 e. The van der Waals surface area contributed by atoms with Gasteiger partial charge in [0.25, 0.3) is 0 Å². The van der Waals surface area contributed by atoms with Crippen molar-refractivity contribution in [2.24, 2.45) is 0 Å². The second-order valence-corrected chi connectivity index (χ2v) is 7.15. The number of benzene rings is 2. The van der Waals surface area contributed by atoms with E-state index in [2.05, 4.69) is 0 Å². The molecular formula is C22H30FNO4. The molecule has 2 aromatic rings. The van der Waals surface area contributed by atoms with Crippen LogP contribution in [0.15, 0.2) is 42.5 Å². The lowest BCUT2D eigenvalue weighted by Crippen LogP contribution is -2.30. The molecule has 1 unspecified atom stereocenters. The van der Waals surface area contributed by atoms with Crippen LogP contribution in [0.4, 0.5) is 4.39 Å². The van der Waals surface area contributed by atoms with Crippen molar-refractivity contribution in [1.29, 1.82) is 0 Å². The Bertz CT molecular complexity index is 747. The standard InChI is InChI=1S/C22H30FNO4/c1-24(2)13-5-12-22(26,18-7-9-19(23)10-8-18)20-11-6-16(14-17(20)15-25)21(27-3)28-4/h6-11,14,21,25-26H,5,12-13,15H2,1-4H3. The van der Waals surface area contributed by atoms with E-state index in [0.717, 1.165) is 18.5 Å². The summed E-state index contributed by atoms with van der Waals surface area (Å²) in [5.41, 5.74) is 1.15. The van der Waals surface area contributed by atoms with E-state index in [4.69, 9.17) is 9.47 Å². The summed E-state index contributed by atoms with van der Waals surface area (Å²) in [6, 6.07) is 11.2. The van der Waals surface area contributed by atoms with Crippen molar-refractivity contribution in [3.63, 3.8) is 0 Å². The molecule has 5 nitrogen and oxygen atoms in total. The maximum Gasteiger partial charge on any atom is 0.183 e. The minimum absolute atomic E-state index is 0.249. The Balaban J connectivity index is 2.51. The summed E-state index contributed by atoms with van der Waals surface area (Å²) in [6.45, 7) is 0.548. The molecular weight excluding hydrogens is 361 g/mol. The van der Waals surface area contributed by atoms with E-state index in [1.54, 1.807) is 24.3 Å². The summed E-state index contributed by atoms with van der Waals surface area (Å²) in [5.74, 6) is -0.361. The fourth-order valence-electron chi connectivity index (χ4n) is 3.47. The van der Waals surface area contributed by atoms with Crippen molar-refractivity contribution < 1.29 is 24.1 Å². The van der Waals surface area contributed by atoms with Gasteiger partial charge in [-0.3, -0.25) is 0 Å². The van der Waals surface area contributed by atoms with Crippen molar-refractivity contribution in [3.8, 4) is 0 Å². The minimum atomic E-state index is -1.35. The average molecular weight is 391 g/mol. The predicted molar refractivity (Wildman–Crippen MR) is 106 cm³/mol. The van der Waals surface area contributed by atoms with E-state index in [9.17, 15) is 14.6 Å². The molecule has 1 atom stereocenters. The number of aliphatic hydroxyl groups is 2. The molecule has 28 heavy (non-hydrogen) atoms. The molecule has 0 bridgehead atoms. The van der Waals surface area contributed by atoms with Crippen molar-refractivity contribution in [1.82, 2.24) is 4.90 Å². The van der Waals surface area contributed by atoms with Crippen LogP contribution in [0.3, 0.4) is 0 Å². The van der Waals surface area contributed by atoms with E-state index >= 15 is 0 Å². The van der Waals surface area contributed by atoms with Gasteiger partial charge in [-0.05, 0) is 68.4 Å². The van der Waals surface area contributed by atoms with Gasteiger partial charge in [-0.2, -0.15) is 0 Å². The highest BCUT2D eigenvalue weighted by Gasteiger charge is 2.33. The summed E-state index contributed by atoms with van der Waals surface area (Å²) in [4.78, 5) is 2.04. The Morgan fingerprint density at radius 3 is 2.25 bits per heavy atom. The first-order valence-corrected chi connectivity index (χ1v) is 9.28. The number of aliphatic hydroxyl groups excluding tert-OH is 1. The Labute approximate surface area is 166 Å². The molecule has 154 valence electrons. The van der Waals surface area contributed by atoms with E-state index in [-0.39, 0.29) is 12.4 Å². The van der Waals surface area contributed by atoms with Crippen LogP contribution in [0.2, 0.25) is 0 Å². The Morgan fingerprint density at radius 1 is 1.07 bits per heavy atom. The van der Waals surface area contributed by atoms with Crippen molar-refractivity contribution in [2.75, 3.05) is 34.9 Å². The van der Waals surface area contributed by atoms with Crippen LogP contribution >= 0.6 is 0 Å². The van der Waals surface area contributed by atoms with Crippen LogP contribution < -0.4 is 0 Å². The van der Waals surface area contributed by atoms with Gasteiger partial charge in [0.15, 0.2) is 6.29 Å². The topological polar surface area (TPSA) is 62.2 Å². The van der Waals surface area contributed by atoms with E-state index in [1.807, 2.05) is 25.1 Å². The largest absolute Gasteiger partial charge is 0.392 e. The van der Waals surface area contributed by atoms with Crippen LogP contribution in [0.1, 0.15) is 41.4 Å². The highest BCUT2D eigenvalue weighted by molar-refractivity contribution is 5.43. The second-order valence-electron chi connectivity index (χ2n) is 7.15. The lowest BCUT2D eigenvalue weighted by atomic mass is 9.80. The molecule has 0 radical (unpaired) electrons. The molecule has 0 saturated heterocycles. The molecule has 0 heterocycles. The fraction of sp³-hybridized carbons (Fsp3) is 0.455. The van der Waals surface area contributed by atoms with E-state index < -0.39 is 11.9 Å². The Hall–Kier alpha value is -1.83. The first kappa shape index (κ1) is 22.5. The molecule has 0 saturated carbocycles. The Kier molecular flexibility index (Phi) is 8.10. The second kappa shape index (κ2) is 10.1. The molecule has 2 N–H and O–H groups in total. The zero-order valence-corrected chi connectivity index (χ0v) is 17.0. The van der Waals surface area contributed by atoms with Crippen LogP contribution in [0.5, 0.6) is 0 Å². The Morgan fingerprint density at radius 2 is 1.71 bits per heavy atom. The van der Waals surface area contributed by atoms with E-state index in [1.165, 1.54) is 26.4 Å². The zero-order chi connectivity index (χ0) is 20.7. The van der Waals surface area contributed by atoms with Crippen LogP contribution in [0, 0.1) is 5.82 Å². The number of nitrogens with zero attached hydrogens (tertiary/aromatic N) is 1. The van der Waals surface area contributed by atoms with Crippen LogP contribution in [0.25, 0.3) is 0 Å². The third-order valence-electron chi connectivity index (χ3n) is 4.91. The number of hydrogen-bond donors (Lipinski definition) is 2. The molecule has 2 rings (SSSR count). The van der Waals surface area contributed by atoms with Crippen molar-refractivity contribution >= 4 is 0 Å². The maximum atomic E-state index is 13.4. The minimum Gasteiger partial charge on any atom is -0.392 e. The van der Waals surface area contributed by atoms with Gasteiger partial charge >= 0.3 is 0 Å². The zero-order valence-electron chi connectivity index (χ0n) is 17.0. The fourth-order valence-corrected chi connectivity index (χ4v) is 3.47. The summed E-state index contributed by atoms with van der Waals surface area (Å²) in [6.07, 6.45) is 0.597. The molecule has 0 spiro atoms. The molecule has 0 aliphatic heterocycles. The highest BCUT2D eigenvalue weighted by atomic mass is 19.1. The number of methoxy groups -OCH3 is 2. The van der Waals surface area contributed by atoms with Gasteiger partial charge in [0.1, 0.15) is 11.4 Å². The maximum absolute atomic E-state index is 13.4. The molecule has 0 aliphatic carbocycles. The lowest BCUT2D eigenvalue weighted by Gasteiger charge is -2.32. The van der Waals surface area contributed by atoms with Gasteiger partial charge in [0, 0.05) is 19.8 Å². The van der Waals surface area contributed by atoms with Gasteiger partial charge in [0.05, 0.1) is 6.61 Å². The molecule has 0 aromatic heterocycles. The van der Waals surface area contributed by atoms with Crippen molar-refractivity contribution in [3.05, 3.63) is 70.5 Å². The first-order chi connectivity index (χ1) is 13.3. The summed E-state index contributed by atoms with van der Waals surface area (Å²) >= 11 is 0. The summed E-state index contributed by atoms with van der Waals surface area (Å²) < 4.78 is 24.0. The monoisotopic (exact) mass is 391 g/mol. The van der Waals surface area contributed by atoms with Gasteiger partial charge in [-0.25, -0.2) is 4.39 Å². The third-order valence-corrected chi connectivity index (χ3v) is 4.91. The van der Waals surface area contributed by atoms with Gasteiger partial charge in [-0.1, -0.05) is 24.3 Å². The summed E-state index contributed by atoms with van der Waals surface area (Å²) in [7, 11) is 7.02. The number of ether oxygens (including phenoxy) is 2. The van der Waals surface area contributed by atoms with Gasteiger partial charge in [-0.15, -0.1) is 0 Å². The van der Waals surface area contributed by atoms with Crippen LogP contribution in [-0.4, -0.2) is 50.0 Å². The molecule has 2 aromatic carbocycles. The average Bonchev–Trinajstić information content (AvgIpc) is 2.68. The third kappa shape index (κ3) is 5.16. The van der Waals surface area contributed by atoms with Gasteiger partial charge < -0.3 is 24.6 Å². The lowest BCUT2D eigenvalue weighted by molar-refractivity contribution is -0.106. The quantitative estimate of drug-likeness (QED) is 0.609. The number of halogens is 1. The normalized spacial score (nSPS) is 13.9. The predicted octanol–water partition coefficient (Wildman–Crippen LogP) is 3.19. The van der Waals surface area contributed by atoms with Crippen LogP contribution in [-0.2, 0) is 21.7 Å². The van der Waals surface area contributed by atoms with Gasteiger partial charge in [0.2, 0.25) is 0 Å². The first-order valence-electron chi connectivity index (χ1n) is 9.28. The van der Waals surface area contributed by atoms with Crippen molar-refractivity contribution in [2.45, 2.75) is 31.3 Å². The highest BCUT2D eigenvalue weighted by Crippen LogP contribution is 2.37. The summed E-state index contributed by atoms with van der Waals surface area (Å²) in [5, 5.41) is 21.7. The molecule has 0 amide bonds. The number of rotatable bonds is 10. The SMILES string of the molecule is COC(OC)c1ccc(C(O)(CCCN(C)C)c2ccc(F)cc2)c(CO)c1. The molecule has 6 heteroatoms. The number of hydrogen-bond acceptors (Lipinski definition) is 5.